The Kier molecular flexibility index (Phi) is 11.5. The predicted molar refractivity (Wildman–Crippen MR) is 117 cm³/mol. The van der Waals surface area contributed by atoms with Crippen molar-refractivity contribution in [3.05, 3.63) is 23.8 Å². The summed E-state index contributed by atoms with van der Waals surface area (Å²) < 4.78 is 25.5. The molecule has 1 rings (SSSR count). The van der Waals surface area contributed by atoms with E-state index < -0.39 is 29.5 Å². The molecule has 1 aromatic carbocycles. The van der Waals surface area contributed by atoms with E-state index in [2.05, 4.69) is 10.6 Å². The van der Waals surface area contributed by atoms with Gasteiger partial charge in [-0.15, -0.1) is 0 Å². The van der Waals surface area contributed by atoms with Crippen molar-refractivity contribution in [3.8, 4) is 11.5 Å². The lowest BCUT2D eigenvalue weighted by Crippen LogP contribution is -2.37. The van der Waals surface area contributed by atoms with Crippen LogP contribution in [0.15, 0.2) is 18.2 Å². The van der Waals surface area contributed by atoms with Gasteiger partial charge in [-0.2, -0.15) is 0 Å². The number of carbonyl (C=O) groups is 4. The Bertz CT molecular complexity index is 778. The van der Waals surface area contributed by atoms with Crippen LogP contribution in [0.25, 0.3) is 0 Å². The van der Waals surface area contributed by atoms with E-state index in [1.54, 1.807) is 34.6 Å². The molecule has 0 saturated heterocycles. The Hall–Kier alpha value is -3.50. The number of alkyl carbamates (subject to hydrolysis) is 1. The largest absolute Gasteiger partial charge is 0.482 e. The maximum Gasteiger partial charge on any atom is 0.407 e. The summed E-state index contributed by atoms with van der Waals surface area (Å²) in [5, 5.41) is 5.17. The molecule has 0 aliphatic rings. The minimum Gasteiger partial charge on any atom is -0.482 e. The average Bonchev–Trinajstić information content (AvgIpc) is 2.73. The fraction of sp³-hybridized carbons (Fsp3) is 0.545. The molecular formula is C22H32N2O9. The molecule has 0 radical (unpaired) electrons. The second kappa shape index (κ2) is 13.8. The van der Waals surface area contributed by atoms with E-state index in [1.165, 1.54) is 18.2 Å². The van der Waals surface area contributed by atoms with Gasteiger partial charge in [-0.25, -0.2) is 14.4 Å². The van der Waals surface area contributed by atoms with E-state index in [0.29, 0.717) is 0 Å². The molecule has 184 valence electrons. The van der Waals surface area contributed by atoms with Gasteiger partial charge in [0, 0.05) is 24.7 Å². The summed E-state index contributed by atoms with van der Waals surface area (Å²) in [6, 6.07) is 4.25. The third-order valence-electron chi connectivity index (χ3n) is 3.55. The van der Waals surface area contributed by atoms with Crippen LogP contribution in [-0.4, -0.2) is 69.1 Å². The first-order chi connectivity index (χ1) is 15.5. The summed E-state index contributed by atoms with van der Waals surface area (Å²) in [4.78, 5) is 47.3. The fourth-order valence-corrected chi connectivity index (χ4v) is 2.32. The third kappa shape index (κ3) is 12.2. The molecule has 33 heavy (non-hydrogen) atoms. The zero-order valence-corrected chi connectivity index (χ0v) is 19.6. The highest BCUT2D eigenvalue weighted by Gasteiger charge is 2.16. The maximum absolute atomic E-state index is 12.6. The lowest BCUT2D eigenvalue weighted by atomic mass is 10.2. The summed E-state index contributed by atoms with van der Waals surface area (Å²) in [7, 11) is 0. The number of carbonyl (C=O) groups excluding carboxylic acids is 4. The van der Waals surface area contributed by atoms with E-state index in [1.807, 2.05) is 0 Å². The second-order valence-electron chi connectivity index (χ2n) is 7.57. The van der Waals surface area contributed by atoms with Gasteiger partial charge in [-0.05, 0) is 46.8 Å². The van der Waals surface area contributed by atoms with Gasteiger partial charge < -0.3 is 34.3 Å². The SMILES string of the molecule is CCOC(=O)COc1cc(OCC(=O)OCC)cc(C(=O)NCCNC(=O)OC(C)(C)C)c1. The summed E-state index contributed by atoms with van der Waals surface area (Å²) >= 11 is 0. The summed E-state index contributed by atoms with van der Waals surface area (Å²) in [5.41, 5.74) is -0.468. The molecule has 2 amide bonds. The van der Waals surface area contributed by atoms with Gasteiger partial charge in [-0.1, -0.05) is 0 Å². The quantitative estimate of drug-likeness (QED) is 0.267. The van der Waals surface area contributed by atoms with Crippen LogP contribution in [0.4, 0.5) is 4.79 Å². The molecule has 0 atom stereocenters. The molecular weight excluding hydrogens is 436 g/mol. The van der Waals surface area contributed by atoms with Crippen molar-refractivity contribution in [2.24, 2.45) is 0 Å². The first kappa shape index (κ1) is 27.5. The molecule has 0 fully saturated rings. The Morgan fingerprint density at radius 2 is 1.27 bits per heavy atom. The summed E-state index contributed by atoms with van der Waals surface area (Å²) in [6.07, 6.45) is -0.597. The van der Waals surface area contributed by atoms with Gasteiger partial charge in [0.05, 0.1) is 13.2 Å². The predicted octanol–water partition coefficient (Wildman–Crippen LogP) is 1.82. The van der Waals surface area contributed by atoms with Crippen LogP contribution < -0.4 is 20.1 Å². The molecule has 0 aromatic heterocycles. The molecule has 0 bridgehead atoms. The molecule has 0 heterocycles. The Morgan fingerprint density at radius 1 is 0.788 bits per heavy atom. The van der Waals surface area contributed by atoms with Crippen molar-refractivity contribution in [1.29, 1.82) is 0 Å². The summed E-state index contributed by atoms with van der Waals surface area (Å²) in [5.74, 6) is -1.30. The molecule has 0 saturated carbocycles. The second-order valence-corrected chi connectivity index (χ2v) is 7.57. The molecule has 0 aliphatic carbocycles. The van der Waals surface area contributed by atoms with Gasteiger partial charge in [-0.3, -0.25) is 4.79 Å². The number of hydrogen-bond acceptors (Lipinski definition) is 9. The average molecular weight is 469 g/mol. The molecule has 11 heteroatoms. The maximum atomic E-state index is 12.6. The first-order valence-corrected chi connectivity index (χ1v) is 10.5. The molecule has 0 unspecified atom stereocenters. The van der Waals surface area contributed by atoms with Crippen LogP contribution >= 0.6 is 0 Å². The number of ether oxygens (including phenoxy) is 5. The Labute approximate surface area is 193 Å². The van der Waals surface area contributed by atoms with Crippen molar-refractivity contribution in [1.82, 2.24) is 10.6 Å². The van der Waals surface area contributed by atoms with Crippen LogP contribution in [0.3, 0.4) is 0 Å². The highest BCUT2D eigenvalue weighted by Crippen LogP contribution is 2.23. The number of nitrogens with one attached hydrogen (secondary N) is 2. The van der Waals surface area contributed by atoms with Gasteiger partial charge in [0.2, 0.25) is 0 Å². The van der Waals surface area contributed by atoms with E-state index >= 15 is 0 Å². The number of hydrogen-bond donors (Lipinski definition) is 2. The van der Waals surface area contributed by atoms with Crippen molar-refractivity contribution in [2.45, 2.75) is 40.2 Å². The molecule has 1 aromatic rings. The topological polar surface area (TPSA) is 138 Å². The summed E-state index contributed by atoms with van der Waals surface area (Å²) in [6.45, 7) is 8.52. The Morgan fingerprint density at radius 3 is 1.73 bits per heavy atom. The zero-order chi connectivity index (χ0) is 24.9. The standard InChI is InChI=1S/C22H32N2O9/c1-6-29-18(25)13-31-16-10-15(11-17(12-16)32-14-19(26)30-7-2)20(27)23-8-9-24-21(28)33-22(3,4)5/h10-12H,6-9,13-14H2,1-5H3,(H,23,27)(H,24,28). The molecule has 0 aliphatic heterocycles. The monoisotopic (exact) mass is 468 g/mol. The lowest BCUT2D eigenvalue weighted by Gasteiger charge is -2.19. The fourth-order valence-electron chi connectivity index (χ4n) is 2.32. The molecule has 2 N–H and O–H groups in total. The minimum absolute atomic E-state index is 0.130. The minimum atomic E-state index is -0.628. The van der Waals surface area contributed by atoms with E-state index in [0.717, 1.165) is 0 Å². The van der Waals surface area contributed by atoms with E-state index in [-0.39, 0.29) is 56.6 Å². The van der Waals surface area contributed by atoms with Gasteiger partial charge in [0.25, 0.3) is 5.91 Å². The van der Waals surface area contributed by atoms with Crippen molar-refractivity contribution in [2.75, 3.05) is 39.5 Å². The number of rotatable bonds is 12. The first-order valence-electron chi connectivity index (χ1n) is 10.5. The lowest BCUT2D eigenvalue weighted by molar-refractivity contribution is -0.146. The molecule has 11 nitrogen and oxygen atoms in total. The van der Waals surface area contributed by atoms with Crippen molar-refractivity contribution < 1.29 is 42.9 Å². The van der Waals surface area contributed by atoms with Crippen LogP contribution in [0, 0.1) is 0 Å². The van der Waals surface area contributed by atoms with Gasteiger partial charge >= 0.3 is 18.0 Å². The van der Waals surface area contributed by atoms with Crippen molar-refractivity contribution >= 4 is 23.9 Å². The van der Waals surface area contributed by atoms with E-state index in [9.17, 15) is 19.2 Å². The van der Waals surface area contributed by atoms with E-state index in [4.69, 9.17) is 23.7 Å². The molecule has 0 spiro atoms. The Balaban J connectivity index is 2.77. The smallest absolute Gasteiger partial charge is 0.407 e. The van der Waals surface area contributed by atoms with Crippen molar-refractivity contribution in [3.63, 3.8) is 0 Å². The van der Waals surface area contributed by atoms with Crippen LogP contribution in [0.2, 0.25) is 0 Å². The van der Waals surface area contributed by atoms with Crippen LogP contribution in [0.1, 0.15) is 45.0 Å². The van der Waals surface area contributed by atoms with Gasteiger partial charge in [0.1, 0.15) is 17.1 Å². The normalized spacial score (nSPS) is 10.6. The number of esters is 2. The zero-order valence-electron chi connectivity index (χ0n) is 19.6. The number of benzene rings is 1. The highest BCUT2D eigenvalue weighted by molar-refractivity contribution is 5.95. The number of amides is 2. The van der Waals surface area contributed by atoms with Gasteiger partial charge in [0.15, 0.2) is 13.2 Å². The van der Waals surface area contributed by atoms with Crippen LogP contribution in [-0.2, 0) is 23.8 Å². The van der Waals surface area contributed by atoms with Crippen LogP contribution in [0.5, 0.6) is 11.5 Å². The highest BCUT2D eigenvalue weighted by atomic mass is 16.6. The third-order valence-corrected chi connectivity index (χ3v) is 3.55.